The van der Waals surface area contributed by atoms with E-state index in [2.05, 4.69) is 10.3 Å². The van der Waals surface area contributed by atoms with Gasteiger partial charge in [0.05, 0.1) is 17.1 Å². The van der Waals surface area contributed by atoms with Gasteiger partial charge in [0.15, 0.2) is 5.82 Å². The van der Waals surface area contributed by atoms with E-state index >= 15 is 0 Å². The quantitative estimate of drug-likeness (QED) is 0.740. The summed E-state index contributed by atoms with van der Waals surface area (Å²) in [5, 5.41) is 4.79. The van der Waals surface area contributed by atoms with Crippen LogP contribution in [0.4, 0.5) is 0 Å². The molecule has 7 heteroatoms. The maximum Gasteiger partial charge on any atom is 0.290 e. The van der Waals surface area contributed by atoms with Gasteiger partial charge in [0.25, 0.3) is 11.8 Å². The normalized spacial score (nSPS) is 13.5. The Hall–Kier alpha value is -2.93. The van der Waals surface area contributed by atoms with Crippen molar-refractivity contribution in [3.05, 3.63) is 75.5 Å². The summed E-state index contributed by atoms with van der Waals surface area (Å²) < 4.78 is 1.88. The monoisotopic (exact) mass is 380 g/mol. The number of nitrogens with zero attached hydrogens (tertiary/aromatic N) is 3. The molecular formula is C20H20N4O2S. The highest BCUT2D eigenvalue weighted by Gasteiger charge is 2.27. The topological polar surface area (TPSA) is 67.2 Å². The van der Waals surface area contributed by atoms with Crippen LogP contribution in [0.2, 0.25) is 0 Å². The molecule has 1 N–H and O–H groups in total. The van der Waals surface area contributed by atoms with Crippen molar-refractivity contribution in [1.82, 2.24) is 19.8 Å². The van der Waals surface area contributed by atoms with Gasteiger partial charge in [-0.2, -0.15) is 0 Å². The smallest absolute Gasteiger partial charge is 0.290 e. The average molecular weight is 380 g/mol. The standard InChI is InChI=1S/C20H20N4O2S/c1-14-7-10-27-17(14)19(25)21-11-16-13-23-8-9-24(20(26)18(23)22-16)12-15-5-3-2-4-6-15/h2-7,10,13H,8-9,11-12H2,1H3,(H,21,25). The molecule has 138 valence electrons. The van der Waals surface area contributed by atoms with Crippen LogP contribution in [-0.4, -0.2) is 32.8 Å². The molecule has 27 heavy (non-hydrogen) atoms. The van der Waals surface area contributed by atoms with Gasteiger partial charge in [-0.05, 0) is 29.5 Å². The number of aryl methyl sites for hydroxylation is 1. The number of imidazole rings is 1. The van der Waals surface area contributed by atoms with Crippen LogP contribution in [-0.2, 0) is 19.6 Å². The van der Waals surface area contributed by atoms with Gasteiger partial charge in [-0.3, -0.25) is 9.59 Å². The van der Waals surface area contributed by atoms with E-state index in [1.54, 1.807) is 0 Å². The van der Waals surface area contributed by atoms with Crippen molar-refractivity contribution in [3.8, 4) is 0 Å². The zero-order valence-electron chi connectivity index (χ0n) is 15.0. The molecule has 0 saturated carbocycles. The van der Waals surface area contributed by atoms with Gasteiger partial charge in [-0.1, -0.05) is 30.3 Å². The summed E-state index contributed by atoms with van der Waals surface area (Å²) in [6, 6.07) is 11.9. The van der Waals surface area contributed by atoms with Crippen molar-refractivity contribution < 1.29 is 9.59 Å². The Labute approximate surface area is 161 Å². The lowest BCUT2D eigenvalue weighted by Gasteiger charge is -2.27. The molecule has 0 radical (unpaired) electrons. The highest BCUT2D eigenvalue weighted by molar-refractivity contribution is 7.12. The minimum atomic E-state index is -0.106. The Kier molecular flexibility index (Phi) is 4.77. The fourth-order valence-corrected chi connectivity index (χ4v) is 4.02. The lowest BCUT2D eigenvalue weighted by atomic mass is 10.2. The molecule has 3 aromatic rings. The number of carbonyl (C=O) groups is 2. The molecule has 1 aliphatic heterocycles. The van der Waals surface area contributed by atoms with Crippen LogP contribution < -0.4 is 5.32 Å². The Morgan fingerprint density at radius 1 is 1.22 bits per heavy atom. The summed E-state index contributed by atoms with van der Waals surface area (Å²) in [5.74, 6) is 0.260. The van der Waals surface area contributed by atoms with Crippen LogP contribution in [0.15, 0.2) is 48.0 Å². The molecule has 0 aliphatic carbocycles. The predicted octanol–water partition coefficient (Wildman–Crippen LogP) is 2.84. The number of nitrogens with one attached hydrogen (secondary N) is 1. The number of benzene rings is 1. The Morgan fingerprint density at radius 2 is 2.04 bits per heavy atom. The summed E-state index contributed by atoms with van der Waals surface area (Å²) >= 11 is 1.42. The highest BCUT2D eigenvalue weighted by atomic mass is 32.1. The number of aromatic nitrogens is 2. The van der Waals surface area contributed by atoms with Gasteiger partial charge >= 0.3 is 0 Å². The minimum absolute atomic E-state index is 0.0724. The van der Waals surface area contributed by atoms with E-state index in [4.69, 9.17) is 0 Å². The fourth-order valence-electron chi connectivity index (χ4n) is 3.18. The van der Waals surface area contributed by atoms with E-state index in [1.165, 1.54) is 11.3 Å². The third-order valence-corrected chi connectivity index (χ3v) is 5.65. The molecule has 2 aromatic heterocycles. The zero-order chi connectivity index (χ0) is 18.8. The van der Waals surface area contributed by atoms with E-state index in [9.17, 15) is 9.59 Å². The summed E-state index contributed by atoms with van der Waals surface area (Å²) in [6.07, 6.45) is 1.86. The molecule has 3 heterocycles. The van der Waals surface area contributed by atoms with E-state index in [0.29, 0.717) is 42.6 Å². The molecule has 0 bridgehead atoms. The number of fused-ring (bicyclic) bond motifs is 1. The lowest BCUT2D eigenvalue weighted by molar-refractivity contribution is 0.0683. The van der Waals surface area contributed by atoms with Gasteiger partial charge in [0.1, 0.15) is 0 Å². The molecule has 1 aliphatic rings. The average Bonchev–Trinajstić information content (AvgIpc) is 3.29. The molecule has 2 amide bonds. The number of amides is 2. The van der Waals surface area contributed by atoms with Crippen molar-refractivity contribution >= 4 is 23.2 Å². The molecule has 6 nitrogen and oxygen atoms in total. The summed E-state index contributed by atoms with van der Waals surface area (Å²) in [6.45, 7) is 4.16. The van der Waals surface area contributed by atoms with Crippen molar-refractivity contribution in [2.75, 3.05) is 6.54 Å². The molecule has 0 saturated heterocycles. The predicted molar refractivity (Wildman–Crippen MR) is 104 cm³/mol. The van der Waals surface area contributed by atoms with Gasteiger partial charge in [-0.15, -0.1) is 11.3 Å². The van der Waals surface area contributed by atoms with E-state index in [-0.39, 0.29) is 11.8 Å². The van der Waals surface area contributed by atoms with Crippen LogP contribution >= 0.6 is 11.3 Å². The van der Waals surface area contributed by atoms with Crippen molar-refractivity contribution in [2.24, 2.45) is 0 Å². The highest BCUT2D eigenvalue weighted by Crippen LogP contribution is 2.17. The minimum Gasteiger partial charge on any atom is -0.346 e. The second kappa shape index (κ2) is 7.36. The van der Waals surface area contributed by atoms with E-state index in [0.717, 1.165) is 11.1 Å². The Balaban J connectivity index is 1.43. The largest absolute Gasteiger partial charge is 0.346 e. The maximum atomic E-state index is 12.8. The first-order valence-electron chi connectivity index (χ1n) is 8.83. The van der Waals surface area contributed by atoms with Gasteiger partial charge in [0, 0.05) is 25.8 Å². The van der Waals surface area contributed by atoms with E-state index in [1.807, 2.05) is 64.4 Å². The number of rotatable bonds is 5. The summed E-state index contributed by atoms with van der Waals surface area (Å²) in [5.41, 5.74) is 2.76. The fraction of sp³-hybridized carbons (Fsp3) is 0.250. The van der Waals surface area contributed by atoms with Crippen molar-refractivity contribution in [2.45, 2.75) is 26.6 Å². The van der Waals surface area contributed by atoms with Crippen LogP contribution in [0.3, 0.4) is 0 Å². The molecular weight excluding hydrogens is 360 g/mol. The third-order valence-electron chi connectivity index (χ3n) is 4.63. The number of thiophene rings is 1. The van der Waals surface area contributed by atoms with E-state index < -0.39 is 0 Å². The summed E-state index contributed by atoms with van der Waals surface area (Å²) in [4.78, 5) is 32.0. The van der Waals surface area contributed by atoms with Gasteiger partial charge in [0.2, 0.25) is 0 Å². The molecule has 0 spiro atoms. The van der Waals surface area contributed by atoms with Crippen LogP contribution in [0.25, 0.3) is 0 Å². The first kappa shape index (κ1) is 17.5. The lowest BCUT2D eigenvalue weighted by Crippen LogP contribution is -2.39. The van der Waals surface area contributed by atoms with Gasteiger partial charge < -0.3 is 14.8 Å². The van der Waals surface area contributed by atoms with Crippen molar-refractivity contribution in [3.63, 3.8) is 0 Å². The van der Waals surface area contributed by atoms with Crippen molar-refractivity contribution in [1.29, 1.82) is 0 Å². The first-order chi connectivity index (χ1) is 13.1. The Bertz CT molecular complexity index is 977. The first-order valence-corrected chi connectivity index (χ1v) is 9.71. The van der Waals surface area contributed by atoms with Gasteiger partial charge in [-0.25, -0.2) is 4.98 Å². The van der Waals surface area contributed by atoms with Crippen LogP contribution in [0.5, 0.6) is 0 Å². The van der Waals surface area contributed by atoms with Crippen LogP contribution in [0, 0.1) is 6.92 Å². The maximum absolute atomic E-state index is 12.8. The zero-order valence-corrected chi connectivity index (χ0v) is 15.8. The summed E-state index contributed by atoms with van der Waals surface area (Å²) in [7, 11) is 0. The molecule has 0 atom stereocenters. The second-order valence-corrected chi connectivity index (χ2v) is 7.49. The number of hydrogen-bond donors (Lipinski definition) is 1. The molecule has 0 unspecified atom stereocenters. The Morgan fingerprint density at radius 3 is 2.78 bits per heavy atom. The molecule has 4 rings (SSSR count). The van der Waals surface area contributed by atoms with Crippen LogP contribution in [0.1, 0.15) is 37.1 Å². The third kappa shape index (κ3) is 3.64. The molecule has 0 fully saturated rings. The SMILES string of the molecule is Cc1ccsc1C(=O)NCc1cn2c(n1)C(=O)N(Cc1ccccc1)CC2. The number of carbonyl (C=O) groups excluding carboxylic acids is 2. The second-order valence-electron chi connectivity index (χ2n) is 6.58. The molecule has 1 aromatic carbocycles. The number of hydrogen-bond acceptors (Lipinski definition) is 4.